The Hall–Kier alpha value is -1.98. The lowest BCUT2D eigenvalue weighted by molar-refractivity contribution is -0.124. The number of pyridine rings is 1. The van der Waals surface area contributed by atoms with E-state index in [2.05, 4.69) is 15.2 Å². The second-order valence-electron chi connectivity index (χ2n) is 4.67. The average molecular weight is 264 g/mol. The lowest BCUT2D eigenvalue weighted by Gasteiger charge is -2.32. The monoisotopic (exact) mass is 264 g/mol. The van der Waals surface area contributed by atoms with Gasteiger partial charge in [-0.05, 0) is 25.0 Å². The van der Waals surface area contributed by atoms with Crippen molar-refractivity contribution in [2.45, 2.75) is 12.8 Å². The van der Waals surface area contributed by atoms with Crippen LogP contribution in [0.4, 0.5) is 11.5 Å². The standard InChI is InChI=1S/C13H20N4O2/c1-15-12(18)9-4-3-7-17(8-9)11-6-5-10(14)13(16-11)19-2/h5-6,9H,3-4,7-8,14H2,1-2H3,(H,15,18). The number of hydrogen-bond donors (Lipinski definition) is 2. The SMILES string of the molecule is CNC(=O)C1CCCN(c2ccc(N)c(OC)n2)C1. The van der Waals surface area contributed by atoms with Crippen molar-refractivity contribution >= 4 is 17.4 Å². The van der Waals surface area contributed by atoms with Crippen molar-refractivity contribution in [1.29, 1.82) is 0 Å². The number of ether oxygens (including phenoxy) is 1. The molecule has 104 valence electrons. The van der Waals surface area contributed by atoms with Gasteiger partial charge in [-0.2, -0.15) is 4.98 Å². The number of aromatic nitrogens is 1. The largest absolute Gasteiger partial charge is 0.479 e. The molecule has 0 saturated carbocycles. The summed E-state index contributed by atoms with van der Waals surface area (Å²) in [4.78, 5) is 18.2. The van der Waals surface area contributed by atoms with E-state index >= 15 is 0 Å². The minimum Gasteiger partial charge on any atom is -0.479 e. The molecule has 3 N–H and O–H groups in total. The van der Waals surface area contributed by atoms with Gasteiger partial charge >= 0.3 is 0 Å². The van der Waals surface area contributed by atoms with Gasteiger partial charge < -0.3 is 20.7 Å². The zero-order chi connectivity index (χ0) is 13.8. The molecule has 0 aliphatic carbocycles. The number of piperidine rings is 1. The second-order valence-corrected chi connectivity index (χ2v) is 4.67. The van der Waals surface area contributed by atoms with E-state index in [1.807, 2.05) is 6.07 Å². The number of methoxy groups -OCH3 is 1. The molecule has 0 spiro atoms. The van der Waals surface area contributed by atoms with E-state index in [1.54, 1.807) is 20.2 Å². The summed E-state index contributed by atoms with van der Waals surface area (Å²) in [5.74, 6) is 1.34. The van der Waals surface area contributed by atoms with E-state index in [4.69, 9.17) is 10.5 Å². The summed E-state index contributed by atoms with van der Waals surface area (Å²) in [7, 11) is 3.22. The lowest BCUT2D eigenvalue weighted by Crippen LogP contribution is -2.42. The molecule has 19 heavy (non-hydrogen) atoms. The fourth-order valence-corrected chi connectivity index (χ4v) is 2.38. The molecule has 1 aromatic rings. The van der Waals surface area contributed by atoms with Crippen molar-refractivity contribution < 1.29 is 9.53 Å². The van der Waals surface area contributed by atoms with E-state index in [1.165, 1.54) is 0 Å². The first-order valence-corrected chi connectivity index (χ1v) is 6.42. The van der Waals surface area contributed by atoms with E-state index in [9.17, 15) is 4.79 Å². The highest BCUT2D eigenvalue weighted by molar-refractivity contribution is 5.79. The fourth-order valence-electron chi connectivity index (χ4n) is 2.38. The van der Waals surface area contributed by atoms with Gasteiger partial charge in [0, 0.05) is 20.1 Å². The first-order valence-electron chi connectivity index (χ1n) is 6.42. The van der Waals surface area contributed by atoms with Crippen LogP contribution in [0.2, 0.25) is 0 Å². The van der Waals surface area contributed by atoms with Crippen LogP contribution >= 0.6 is 0 Å². The van der Waals surface area contributed by atoms with Crippen molar-refractivity contribution in [2.24, 2.45) is 5.92 Å². The number of nitrogen functional groups attached to an aromatic ring is 1. The minimum absolute atomic E-state index is 0.0177. The van der Waals surface area contributed by atoms with Crippen LogP contribution in [0.1, 0.15) is 12.8 Å². The Labute approximate surface area is 112 Å². The Morgan fingerprint density at radius 1 is 1.58 bits per heavy atom. The van der Waals surface area contributed by atoms with Crippen LogP contribution in [0.25, 0.3) is 0 Å². The molecule has 2 heterocycles. The van der Waals surface area contributed by atoms with Gasteiger partial charge in [0.05, 0.1) is 18.7 Å². The molecule has 1 fully saturated rings. The maximum Gasteiger partial charge on any atom is 0.238 e. The van der Waals surface area contributed by atoms with Crippen LogP contribution < -0.4 is 20.7 Å². The highest BCUT2D eigenvalue weighted by Crippen LogP contribution is 2.26. The Morgan fingerprint density at radius 3 is 3.05 bits per heavy atom. The van der Waals surface area contributed by atoms with Gasteiger partial charge in [-0.25, -0.2) is 0 Å². The summed E-state index contributed by atoms with van der Waals surface area (Å²) in [6.45, 7) is 1.58. The number of nitrogens with one attached hydrogen (secondary N) is 1. The molecule has 2 rings (SSSR count). The number of rotatable bonds is 3. The quantitative estimate of drug-likeness (QED) is 0.837. The molecule has 1 unspecified atom stereocenters. The first-order chi connectivity index (χ1) is 9.15. The number of carbonyl (C=O) groups excluding carboxylic acids is 1. The minimum atomic E-state index is 0.0177. The molecule has 1 amide bonds. The van der Waals surface area contributed by atoms with Gasteiger partial charge in [-0.1, -0.05) is 0 Å². The Bertz CT molecular complexity index is 464. The topological polar surface area (TPSA) is 80.5 Å². The van der Waals surface area contributed by atoms with Crippen LogP contribution in [0, 0.1) is 5.92 Å². The van der Waals surface area contributed by atoms with E-state index < -0.39 is 0 Å². The van der Waals surface area contributed by atoms with E-state index in [0.717, 1.165) is 25.2 Å². The van der Waals surface area contributed by atoms with E-state index in [-0.39, 0.29) is 11.8 Å². The molecule has 1 saturated heterocycles. The summed E-state index contributed by atoms with van der Waals surface area (Å²) in [5.41, 5.74) is 6.28. The highest BCUT2D eigenvalue weighted by atomic mass is 16.5. The van der Waals surface area contributed by atoms with Gasteiger partial charge in [0.1, 0.15) is 5.82 Å². The van der Waals surface area contributed by atoms with Gasteiger partial charge in [0.15, 0.2) is 0 Å². The van der Waals surface area contributed by atoms with Crippen LogP contribution in [-0.2, 0) is 4.79 Å². The van der Waals surface area contributed by atoms with Crippen LogP contribution in [0.5, 0.6) is 5.88 Å². The number of anilines is 2. The smallest absolute Gasteiger partial charge is 0.238 e. The number of nitrogens with zero attached hydrogens (tertiary/aromatic N) is 2. The Kier molecular flexibility index (Phi) is 4.09. The van der Waals surface area contributed by atoms with Gasteiger partial charge in [0.25, 0.3) is 0 Å². The van der Waals surface area contributed by atoms with Crippen molar-refractivity contribution in [3.8, 4) is 5.88 Å². The maximum absolute atomic E-state index is 11.7. The molecule has 0 aromatic carbocycles. The number of carbonyl (C=O) groups is 1. The van der Waals surface area contributed by atoms with Crippen LogP contribution in [0.3, 0.4) is 0 Å². The maximum atomic E-state index is 11.7. The Balaban J connectivity index is 2.15. The lowest BCUT2D eigenvalue weighted by atomic mass is 9.97. The van der Waals surface area contributed by atoms with E-state index in [0.29, 0.717) is 18.1 Å². The van der Waals surface area contributed by atoms with Crippen molar-refractivity contribution in [1.82, 2.24) is 10.3 Å². The summed E-state index contributed by atoms with van der Waals surface area (Å²) < 4.78 is 5.13. The van der Waals surface area contributed by atoms with Crippen molar-refractivity contribution in [3.63, 3.8) is 0 Å². The second kappa shape index (κ2) is 5.77. The average Bonchev–Trinajstić information content (AvgIpc) is 2.47. The highest BCUT2D eigenvalue weighted by Gasteiger charge is 2.26. The molecule has 1 atom stereocenters. The zero-order valence-corrected chi connectivity index (χ0v) is 11.3. The molecule has 0 bridgehead atoms. The Morgan fingerprint density at radius 2 is 2.37 bits per heavy atom. The van der Waals surface area contributed by atoms with Crippen molar-refractivity contribution in [3.05, 3.63) is 12.1 Å². The molecular weight excluding hydrogens is 244 g/mol. The molecule has 1 aliphatic rings. The van der Waals surface area contributed by atoms with Gasteiger partial charge in [0.2, 0.25) is 11.8 Å². The third-order valence-electron chi connectivity index (χ3n) is 3.43. The first kappa shape index (κ1) is 13.5. The summed E-state index contributed by atoms with van der Waals surface area (Å²) >= 11 is 0. The predicted molar refractivity (Wildman–Crippen MR) is 74.2 cm³/mol. The van der Waals surface area contributed by atoms with Crippen LogP contribution in [0.15, 0.2) is 12.1 Å². The summed E-state index contributed by atoms with van der Waals surface area (Å²) in [6.07, 6.45) is 1.90. The molecule has 6 nitrogen and oxygen atoms in total. The zero-order valence-electron chi connectivity index (χ0n) is 11.3. The normalized spacial score (nSPS) is 19.1. The molecule has 1 aromatic heterocycles. The predicted octanol–water partition coefficient (Wildman–Crippen LogP) is 0.635. The third kappa shape index (κ3) is 2.89. The summed E-state index contributed by atoms with van der Waals surface area (Å²) in [5, 5.41) is 2.71. The van der Waals surface area contributed by atoms with Crippen molar-refractivity contribution in [2.75, 3.05) is 37.9 Å². The summed E-state index contributed by atoms with van der Waals surface area (Å²) in [6, 6.07) is 3.65. The molecular formula is C13H20N4O2. The van der Waals surface area contributed by atoms with Gasteiger partial charge in [-0.15, -0.1) is 0 Å². The van der Waals surface area contributed by atoms with Crippen LogP contribution in [-0.4, -0.2) is 38.1 Å². The number of amides is 1. The molecule has 0 radical (unpaired) electrons. The molecule has 6 heteroatoms. The molecule has 1 aliphatic heterocycles. The van der Waals surface area contributed by atoms with Gasteiger partial charge in [-0.3, -0.25) is 4.79 Å². The number of nitrogens with two attached hydrogens (primary N) is 1. The third-order valence-corrected chi connectivity index (χ3v) is 3.43. The number of hydrogen-bond acceptors (Lipinski definition) is 5. The fraction of sp³-hybridized carbons (Fsp3) is 0.538.